The van der Waals surface area contributed by atoms with Crippen LogP contribution in [-0.4, -0.2) is 31.2 Å². The zero-order valence-corrected chi connectivity index (χ0v) is 10.6. The molecule has 0 spiro atoms. The van der Waals surface area contributed by atoms with Crippen molar-refractivity contribution < 1.29 is 19.0 Å². The van der Waals surface area contributed by atoms with E-state index >= 15 is 0 Å². The third-order valence-electron chi connectivity index (χ3n) is 3.48. The van der Waals surface area contributed by atoms with Gasteiger partial charge in [-0.2, -0.15) is 0 Å². The molecule has 0 atom stereocenters. The van der Waals surface area contributed by atoms with Crippen LogP contribution >= 0.6 is 0 Å². The molecular formula is C13H18FNO3. The predicted molar refractivity (Wildman–Crippen MR) is 64.7 cm³/mol. The number of hydrogen-bond donors (Lipinski definition) is 2. The zero-order valence-electron chi connectivity index (χ0n) is 10.6. The topological polar surface area (TPSA) is 50.7 Å². The van der Waals surface area contributed by atoms with Crippen LogP contribution in [0.1, 0.15) is 18.4 Å². The van der Waals surface area contributed by atoms with E-state index in [1.807, 2.05) is 0 Å². The summed E-state index contributed by atoms with van der Waals surface area (Å²) >= 11 is 0. The minimum absolute atomic E-state index is 0.105. The maximum atomic E-state index is 13.0. The molecule has 0 radical (unpaired) electrons. The Kier molecular flexibility index (Phi) is 3.85. The van der Waals surface area contributed by atoms with Crippen molar-refractivity contribution in [2.45, 2.75) is 31.2 Å². The molecule has 1 aliphatic carbocycles. The Morgan fingerprint density at radius 2 is 2.06 bits per heavy atom. The highest BCUT2D eigenvalue weighted by Crippen LogP contribution is 2.36. The summed E-state index contributed by atoms with van der Waals surface area (Å²) in [6.07, 6.45) is 1.49. The first-order chi connectivity index (χ1) is 8.58. The lowest BCUT2D eigenvalue weighted by molar-refractivity contribution is -0.259. The van der Waals surface area contributed by atoms with E-state index < -0.39 is 5.79 Å². The zero-order chi connectivity index (χ0) is 13.2. The summed E-state index contributed by atoms with van der Waals surface area (Å²) in [7, 11) is 3.25. The molecule has 0 bridgehead atoms. The molecule has 0 aliphatic heterocycles. The van der Waals surface area contributed by atoms with E-state index in [0.29, 0.717) is 12.1 Å². The largest absolute Gasteiger partial charge is 0.508 e. The third-order valence-corrected chi connectivity index (χ3v) is 3.48. The number of benzene rings is 1. The van der Waals surface area contributed by atoms with Gasteiger partial charge in [0.05, 0.1) is 0 Å². The maximum Gasteiger partial charge on any atom is 0.170 e. The van der Waals surface area contributed by atoms with Gasteiger partial charge in [-0.1, -0.05) is 0 Å². The minimum atomic E-state index is -0.484. The van der Waals surface area contributed by atoms with Crippen molar-refractivity contribution in [3.8, 4) is 5.75 Å². The monoisotopic (exact) mass is 255 g/mol. The number of halogens is 1. The molecule has 0 unspecified atom stereocenters. The summed E-state index contributed by atoms with van der Waals surface area (Å²) < 4.78 is 23.6. The Hall–Kier alpha value is -1.17. The van der Waals surface area contributed by atoms with Gasteiger partial charge in [-0.3, -0.25) is 0 Å². The van der Waals surface area contributed by atoms with Crippen molar-refractivity contribution in [3.05, 3.63) is 29.6 Å². The smallest absolute Gasteiger partial charge is 0.170 e. The first-order valence-corrected chi connectivity index (χ1v) is 5.89. The van der Waals surface area contributed by atoms with Crippen LogP contribution in [0.25, 0.3) is 0 Å². The van der Waals surface area contributed by atoms with Crippen LogP contribution in [0, 0.1) is 5.82 Å². The number of ether oxygens (including phenoxy) is 2. The van der Waals surface area contributed by atoms with Gasteiger partial charge in [-0.15, -0.1) is 0 Å². The molecule has 4 nitrogen and oxygen atoms in total. The molecule has 0 saturated heterocycles. The number of rotatable bonds is 5. The second-order valence-electron chi connectivity index (χ2n) is 4.58. The van der Waals surface area contributed by atoms with Gasteiger partial charge in [0, 0.05) is 45.2 Å². The lowest BCUT2D eigenvalue weighted by Gasteiger charge is -2.45. The van der Waals surface area contributed by atoms with E-state index in [9.17, 15) is 9.50 Å². The fourth-order valence-electron chi connectivity index (χ4n) is 2.20. The van der Waals surface area contributed by atoms with Gasteiger partial charge in [0.1, 0.15) is 11.6 Å². The fourth-order valence-corrected chi connectivity index (χ4v) is 2.20. The molecule has 5 heteroatoms. The molecule has 1 saturated carbocycles. The molecule has 0 amide bonds. The number of nitrogens with one attached hydrogen (secondary N) is 1. The van der Waals surface area contributed by atoms with Crippen LogP contribution in [0.3, 0.4) is 0 Å². The van der Waals surface area contributed by atoms with Crippen molar-refractivity contribution in [1.29, 1.82) is 0 Å². The number of aromatic hydroxyl groups is 1. The van der Waals surface area contributed by atoms with Crippen molar-refractivity contribution in [1.82, 2.24) is 5.32 Å². The second kappa shape index (κ2) is 5.22. The van der Waals surface area contributed by atoms with Crippen LogP contribution in [0.4, 0.5) is 4.39 Å². The van der Waals surface area contributed by atoms with E-state index in [1.165, 1.54) is 18.2 Å². The normalized spacial score (nSPS) is 18.6. The molecule has 2 rings (SSSR count). The summed E-state index contributed by atoms with van der Waals surface area (Å²) in [5, 5.41) is 12.8. The quantitative estimate of drug-likeness (QED) is 0.787. The number of phenols is 1. The Morgan fingerprint density at radius 1 is 1.39 bits per heavy atom. The van der Waals surface area contributed by atoms with E-state index in [4.69, 9.17) is 9.47 Å². The molecule has 0 aromatic heterocycles. The SMILES string of the molecule is COC1(OC)CC(NCc2cc(F)ccc2O)C1. The lowest BCUT2D eigenvalue weighted by atomic mass is 9.85. The van der Waals surface area contributed by atoms with Crippen LogP contribution in [0.2, 0.25) is 0 Å². The highest BCUT2D eigenvalue weighted by molar-refractivity contribution is 5.32. The van der Waals surface area contributed by atoms with E-state index in [0.717, 1.165) is 12.8 Å². The van der Waals surface area contributed by atoms with Gasteiger partial charge in [-0.05, 0) is 18.2 Å². The highest BCUT2D eigenvalue weighted by atomic mass is 19.1. The first kappa shape index (κ1) is 13.3. The summed E-state index contributed by atoms with van der Waals surface area (Å²) in [4.78, 5) is 0. The standard InChI is InChI=1S/C13H18FNO3/c1-17-13(18-2)6-11(7-13)15-8-9-5-10(14)3-4-12(9)16/h3-5,11,15-16H,6-8H2,1-2H3. The molecule has 1 aromatic rings. The highest BCUT2D eigenvalue weighted by Gasteiger charge is 2.44. The minimum Gasteiger partial charge on any atom is -0.508 e. The van der Waals surface area contributed by atoms with E-state index in [-0.39, 0.29) is 17.6 Å². The Labute approximate surface area is 106 Å². The van der Waals surface area contributed by atoms with Crippen LogP contribution in [0.5, 0.6) is 5.75 Å². The first-order valence-electron chi connectivity index (χ1n) is 5.89. The average Bonchev–Trinajstić information content (AvgIpc) is 2.32. The van der Waals surface area contributed by atoms with Crippen LogP contribution in [0.15, 0.2) is 18.2 Å². The Balaban J connectivity index is 1.85. The summed E-state index contributed by atoms with van der Waals surface area (Å²) in [5.41, 5.74) is 0.558. The molecular weight excluding hydrogens is 237 g/mol. The van der Waals surface area contributed by atoms with Crippen molar-refractivity contribution in [2.75, 3.05) is 14.2 Å². The van der Waals surface area contributed by atoms with Crippen molar-refractivity contribution in [2.24, 2.45) is 0 Å². The van der Waals surface area contributed by atoms with Crippen molar-refractivity contribution >= 4 is 0 Å². The Morgan fingerprint density at radius 3 is 2.67 bits per heavy atom. The number of hydrogen-bond acceptors (Lipinski definition) is 4. The fraction of sp³-hybridized carbons (Fsp3) is 0.538. The lowest BCUT2D eigenvalue weighted by Crippen LogP contribution is -2.55. The van der Waals surface area contributed by atoms with Gasteiger partial charge < -0.3 is 19.9 Å². The molecule has 1 aromatic carbocycles. The van der Waals surface area contributed by atoms with Crippen LogP contribution < -0.4 is 5.32 Å². The van der Waals surface area contributed by atoms with Gasteiger partial charge in [0.25, 0.3) is 0 Å². The summed E-state index contributed by atoms with van der Waals surface area (Å²) in [5.74, 6) is -0.726. The second-order valence-corrected chi connectivity index (χ2v) is 4.58. The van der Waals surface area contributed by atoms with Crippen molar-refractivity contribution in [3.63, 3.8) is 0 Å². The number of methoxy groups -OCH3 is 2. The molecule has 1 aliphatic rings. The van der Waals surface area contributed by atoms with Crippen LogP contribution in [-0.2, 0) is 16.0 Å². The third kappa shape index (κ3) is 2.63. The summed E-state index contributed by atoms with van der Waals surface area (Å²) in [6.45, 7) is 0.428. The average molecular weight is 255 g/mol. The van der Waals surface area contributed by atoms with E-state index in [1.54, 1.807) is 14.2 Å². The van der Waals surface area contributed by atoms with Gasteiger partial charge in [-0.25, -0.2) is 4.39 Å². The molecule has 18 heavy (non-hydrogen) atoms. The van der Waals surface area contributed by atoms with Gasteiger partial charge in [0.15, 0.2) is 5.79 Å². The molecule has 2 N–H and O–H groups in total. The van der Waals surface area contributed by atoms with E-state index in [2.05, 4.69) is 5.32 Å². The Bertz CT molecular complexity index is 413. The summed E-state index contributed by atoms with van der Waals surface area (Å²) in [6, 6.07) is 4.19. The molecule has 0 heterocycles. The molecule has 1 fully saturated rings. The molecule has 100 valence electrons. The van der Waals surface area contributed by atoms with Gasteiger partial charge >= 0.3 is 0 Å². The predicted octanol–water partition coefficient (Wildman–Crippen LogP) is 1.77. The number of phenolic OH excluding ortho intramolecular Hbond substituents is 1. The maximum absolute atomic E-state index is 13.0. The van der Waals surface area contributed by atoms with Gasteiger partial charge in [0.2, 0.25) is 0 Å².